The number of hydrogen-bond donors (Lipinski definition) is 2. The predicted molar refractivity (Wildman–Crippen MR) is 139 cm³/mol. The van der Waals surface area contributed by atoms with E-state index in [0.29, 0.717) is 18.4 Å². The molecule has 1 radical (unpaired) electrons. The first kappa shape index (κ1) is 35.8. The maximum Gasteiger partial charge on any atom is 0.316 e. The Balaban J connectivity index is 0.00000722. The summed E-state index contributed by atoms with van der Waals surface area (Å²) in [5.74, 6) is -3.83. The van der Waals surface area contributed by atoms with Gasteiger partial charge < -0.3 is 29.3 Å². The van der Waals surface area contributed by atoms with Crippen molar-refractivity contribution in [3.8, 4) is 0 Å². The second-order valence-corrected chi connectivity index (χ2v) is 11.7. The van der Waals surface area contributed by atoms with Gasteiger partial charge in [0.2, 0.25) is 0 Å². The zero-order chi connectivity index (χ0) is 28.4. The van der Waals surface area contributed by atoms with Gasteiger partial charge in [-0.15, -0.1) is 0 Å². The second kappa shape index (κ2) is 14.6. The summed E-state index contributed by atoms with van der Waals surface area (Å²) in [6.07, 6.45) is -1.34. The van der Waals surface area contributed by atoms with E-state index in [9.17, 15) is 24.6 Å². The van der Waals surface area contributed by atoms with Crippen LogP contribution in [0, 0.1) is 67.7 Å². The number of carbonyl (C=O) groups is 3. The molecule has 0 aromatic rings. The fourth-order valence-electron chi connectivity index (χ4n) is 5.44. The predicted octanol–water partition coefficient (Wildman–Crippen LogP) is 2.51. The van der Waals surface area contributed by atoms with Crippen molar-refractivity contribution >= 4 is 17.5 Å². The number of cyclic esters (lactones) is 1. The van der Waals surface area contributed by atoms with Crippen LogP contribution in [0.4, 0.5) is 0 Å². The third kappa shape index (κ3) is 8.65. The molecular formula is C28H47AcNO8. The second-order valence-electron chi connectivity index (χ2n) is 11.7. The number of aliphatic hydroxyl groups is 2. The third-order valence-electron chi connectivity index (χ3n) is 8.04. The summed E-state index contributed by atoms with van der Waals surface area (Å²) < 4.78 is 17.8. The van der Waals surface area contributed by atoms with Crippen LogP contribution in [0.25, 0.3) is 0 Å². The van der Waals surface area contributed by atoms with Crippen LogP contribution in [0.3, 0.4) is 0 Å². The van der Waals surface area contributed by atoms with Gasteiger partial charge >= 0.3 is 5.97 Å². The Morgan fingerprint density at radius 1 is 1.05 bits per heavy atom. The van der Waals surface area contributed by atoms with E-state index in [1.807, 2.05) is 39.8 Å². The maximum absolute atomic E-state index is 13.5. The number of Topliss-reactive ketones (excluding diaryl/α,β-unsaturated/α-hetero) is 2. The van der Waals surface area contributed by atoms with Crippen LogP contribution in [0.2, 0.25) is 0 Å². The van der Waals surface area contributed by atoms with Crippen LogP contribution in [0.15, 0.2) is 11.6 Å². The van der Waals surface area contributed by atoms with Gasteiger partial charge in [-0.25, -0.2) is 0 Å². The largest absolute Gasteiger partial charge is 0.459 e. The first-order valence-corrected chi connectivity index (χ1v) is 13.3. The number of nitrogens with zero attached hydrogens (tertiary/aromatic N) is 1. The summed E-state index contributed by atoms with van der Waals surface area (Å²) in [5.41, 5.74) is -1.22. The molecule has 0 amide bonds. The number of ketones is 2. The third-order valence-corrected chi connectivity index (χ3v) is 8.04. The molecule has 2 aliphatic rings. The van der Waals surface area contributed by atoms with Crippen LogP contribution in [-0.2, 0) is 28.6 Å². The molecule has 0 aromatic carbocycles. The number of hydrogen-bond acceptors (Lipinski definition) is 9. The first-order chi connectivity index (χ1) is 17.0. The van der Waals surface area contributed by atoms with Crippen molar-refractivity contribution in [1.82, 2.24) is 4.90 Å². The molecule has 2 rings (SSSR count). The van der Waals surface area contributed by atoms with Crippen molar-refractivity contribution in [3.63, 3.8) is 0 Å². The number of allylic oxidation sites excluding steroid dienone is 1. The summed E-state index contributed by atoms with van der Waals surface area (Å²) in [6.45, 7) is 13.4. The first-order valence-electron chi connectivity index (χ1n) is 13.3. The Labute approximate surface area is 263 Å². The van der Waals surface area contributed by atoms with Gasteiger partial charge in [-0.05, 0) is 79.1 Å². The molecule has 38 heavy (non-hydrogen) atoms. The van der Waals surface area contributed by atoms with E-state index < -0.39 is 53.9 Å². The van der Waals surface area contributed by atoms with E-state index in [1.165, 1.54) is 26.8 Å². The molecule has 0 aromatic heterocycles. The van der Waals surface area contributed by atoms with Crippen molar-refractivity contribution in [3.05, 3.63) is 11.6 Å². The fourth-order valence-corrected chi connectivity index (χ4v) is 5.44. The van der Waals surface area contributed by atoms with E-state index >= 15 is 0 Å². The molecule has 0 bridgehead atoms. The number of aliphatic hydroxyl groups excluding tert-OH is 1. The van der Waals surface area contributed by atoms with Gasteiger partial charge in [-0.1, -0.05) is 20.8 Å². The van der Waals surface area contributed by atoms with E-state index in [4.69, 9.17) is 14.2 Å². The zero-order valence-corrected chi connectivity index (χ0v) is 29.4. The minimum Gasteiger partial charge on any atom is -0.459 e. The molecule has 2 aliphatic heterocycles. The van der Waals surface area contributed by atoms with Gasteiger partial charge in [0.15, 0.2) is 17.9 Å². The van der Waals surface area contributed by atoms with Crippen molar-refractivity contribution < 1.29 is 82.9 Å². The van der Waals surface area contributed by atoms with Gasteiger partial charge in [0, 0.05) is 61.9 Å². The van der Waals surface area contributed by atoms with Crippen LogP contribution in [-0.4, -0.2) is 89.1 Å². The fraction of sp³-hybridized carbons (Fsp3) is 0.821. The van der Waals surface area contributed by atoms with Crippen molar-refractivity contribution in [2.75, 3.05) is 14.1 Å². The molecule has 215 valence electrons. The van der Waals surface area contributed by atoms with E-state index in [1.54, 1.807) is 13.8 Å². The molecule has 4 unspecified atom stereocenters. The average Bonchev–Trinajstić information content (AvgIpc) is 2.80. The minimum absolute atomic E-state index is 0. The van der Waals surface area contributed by atoms with E-state index in [2.05, 4.69) is 0 Å². The van der Waals surface area contributed by atoms with Crippen LogP contribution in [0.5, 0.6) is 0 Å². The molecule has 0 spiro atoms. The van der Waals surface area contributed by atoms with Crippen LogP contribution >= 0.6 is 0 Å². The number of carbonyl (C=O) groups excluding carboxylic acids is 3. The summed E-state index contributed by atoms with van der Waals surface area (Å²) in [4.78, 5) is 41.4. The molecule has 1 saturated heterocycles. The standard InChI is InChI=1S/C28H47NO8.Ac/c1-14-11-15(2)25(37-27-24(32)21(29(9)10)12-17(4)35-27)18(5)23(31)19(6)26(33)36-20(7)28(8,34)13-16(3)22(14)30;/h13-15,17-21,24-25,27,32,34H,11-12H2,1-10H3;/b16-13+;/t14-,15+,17-,18-,19-,20-,21?,24?,25?,27?,28+;/m1./s1. The van der Waals surface area contributed by atoms with Gasteiger partial charge in [-0.2, -0.15) is 0 Å². The molecule has 10 heteroatoms. The molecule has 11 atom stereocenters. The Morgan fingerprint density at radius 2 is 1.63 bits per heavy atom. The monoisotopic (exact) mass is 752 g/mol. The van der Waals surface area contributed by atoms with Crippen LogP contribution < -0.4 is 0 Å². The average molecular weight is 753 g/mol. The normalized spacial score (nSPS) is 43.5. The molecule has 0 aliphatic carbocycles. The Hall–Kier alpha value is -0.208. The summed E-state index contributed by atoms with van der Waals surface area (Å²) >= 11 is 0. The summed E-state index contributed by atoms with van der Waals surface area (Å²) in [6, 6.07) is -0.190. The van der Waals surface area contributed by atoms with Gasteiger partial charge in [0.25, 0.3) is 0 Å². The smallest absolute Gasteiger partial charge is 0.316 e. The van der Waals surface area contributed by atoms with Crippen molar-refractivity contribution in [2.45, 2.75) is 111 Å². The summed E-state index contributed by atoms with van der Waals surface area (Å²) in [7, 11) is 3.77. The van der Waals surface area contributed by atoms with Gasteiger partial charge in [0.1, 0.15) is 23.7 Å². The van der Waals surface area contributed by atoms with Crippen molar-refractivity contribution in [1.29, 1.82) is 0 Å². The quantitative estimate of drug-likeness (QED) is 0.331. The van der Waals surface area contributed by atoms with Gasteiger partial charge in [-0.3, -0.25) is 14.4 Å². The Morgan fingerprint density at radius 3 is 2.18 bits per heavy atom. The SMILES string of the molecule is C/C1=C\[C@](C)(O)[C@@H](C)OC(=O)[C@H](C)C(=O)[C@@H](C)C(OC2O[C@H](C)CC(N(C)C)C2O)[C@@H](C)C[C@@H](C)C1=O.[Ac]. The summed E-state index contributed by atoms with van der Waals surface area (Å²) in [5, 5.41) is 21.9. The van der Waals surface area contributed by atoms with Crippen molar-refractivity contribution in [2.24, 2.45) is 23.7 Å². The Bertz CT molecular complexity index is 875. The van der Waals surface area contributed by atoms with Crippen LogP contribution in [0.1, 0.15) is 68.2 Å². The molecule has 1 fully saturated rings. The Kier molecular flexibility index (Phi) is 13.8. The number of ether oxygens (including phenoxy) is 3. The molecule has 2 heterocycles. The van der Waals surface area contributed by atoms with Gasteiger partial charge in [0.05, 0.1) is 12.2 Å². The maximum atomic E-state index is 13.5. The molecule has 2 N–H and O–H groups in total. The number of likely N-dealkylation sites (N-methyl/N-ethyl adjacent to an activating group) is 1. The van der Waals surface area contributed by atoms with E-state index in [0.717, 1.165) is 0 Å². The zero-order valence-electron chi connectivity index (χ0n) is 24.6. The minimum atomic E-state index is -1.58. The topological polar surface area (TPSA) is 123 Å². The number of rotatable bonds is 3. The molecular weight excluding hydrogens is 705 g/mol. The number of esters is 1. The van der Waals surface area contributed by atoms with E-state index in [-0.39, 0.29) is 73.7 Å². The molecule has 9 nitrogen and oxygen atoms in total. The molecule has 0 saturated carbocycles.